The Kier molecular flexibility index (Phi) is 7.87. The molecule has 0 aliphatic heterocycles. The number of ether oxygens (including phenoxy) is 1. The molecule has 0 unspecified atom stereocenters. The molecule has 2 aromatic rings. The van der Waals surface area contributed by atoms with E-state index in [-0.39, 0.29) is 11.9 Å². The molecule has 0 saturated carbocycles. The van der Waals surface area contributed by atoms with Crippen molar-refractivity contribution in [3.05, 3.63) is 24.5 Å². The van der Waals surface area contributed by atoms with Crippen LogP contribution in [0.1, 0.15) is 26.7 Å². The van der Waals surface area contributed by atoms with Crippen LogP contribution in [0, 0.1) is 0 Å². The molecule has 136 valence electrons. The van der Waals surface area contributed by atoms with Gasteiger partial charge < -0.3 is 10.1 Å². The fraction of sp³-hybridized carbons (Fsp3) is 0.529. The molecule has 0 aliphatic carbocycles. The molecular formula is C17H25N5O2S. The van der Waals surface area contributed by atoms with Gasteiger partial charge in [-0.05, 0) is 25.0 Å². The van der Waals surface area contributed by atoms with E-state index in [1.165, 1.54) is 11.8 Å². The summed E-state index contributed by atoms with van der Waals surface area (Å²) in [7, 11) is 1.66. The number of hydrogen-bond acceptors (Lipinski definition) is 6. The predicted octanol–water partition coefficient (Wildman–Crippen LogP) is 2.38. The Labute approximate surface area is 152 Å². The van der Waals surface area contributed by atoms with Gasteiger partial charge in [-0.15, -0.1) is 10.2 Å². The first-order chi connectivity index (χ1) is 12.2. The molecule has 2 aromatic heterocycles. The number of thioether (sulfide) groups is 1. The van der Waals surface area contributed by atoms with E-state index >= 15 is 0 Å². The Morgan fingerprint density at radius 1 is 1.28 bits per heavy atom. The Morgan fingerprint density at radius 3 is 2.64 bits per heavy atom. The van der Waals surface area contributed by atoms with Crippen molar-refractivity contribution < 1.29 is 9.53 Å². The smallest absolute Gasteiger partial charge is 0.230 e. The van der Waals surface area contributed by atoms with E-state index in [2.05, 4.69) is 34.3 Å². The highest BCUT2D eigenvalue weighted by Crippen LogP contribution is 2.23. The zero-order chi connectivity index (χ0) is 18.1. The SMILES string of the molecule is CCC(CC)NC(=O)CSc1nnc(-c2ccncc2)n1CCOC. The first kappa shape index (κ1) is 19.4. The molecule has 0 fully saturated rings. The minimum atomic E-state index is 0.0189. The van der Waals surface area contributed by atoms with Crippen LogP contribution in [0.3, 0.4) is 0 Å². The van der Waals surface area contributed by atoms with Gasteiger partial charge in [-0.1, -0.05) is 25.6 Å². The molecule has 0 radical (unpaired) electrons. The van der Waals surface area contributed by atoms with E-state index < -0.39 is 0 Å². The molecule has 0 aromatic carbocycles. The largest absolute Gasteiger partial charge is 0.383 e. The molecule has 1 N–H and O–H groups in total. The van der Waals surface area contributed by atoms with E-state index in [4.69, 9.17) is 4.74 Å². The van der Waals surface area contributed by atoms with Crippen LogP contribution >= 0.6 is 11.8 Å². The van der Waals surface area contributed by atoms with Crippen molar-refractivity contribution in [1.29, 1.82) is 0 Å². The number of carbonyl (C=O) groups excluding carboxylic acids is 1. The highest BCUT2D eigenvalue weighted by atomic mass is 32.2. The molecule has 2 heterocycles. The summed E-state index contributed by atoms with van der Waals surface area (Å²) in [4.78, 5) is 16.2. The number of pyridine rings is 1. The zero-order valence-electron chi connectivity index (χ0n) is 14.9. The van der Waals surface area contributed by atoms with Crippen LogP contribution in [-0.2, 0) is 16.1 Å². The summed E-state index contributed by atoms with van der Waals surface area (Å²) < 4.78 is 7.17. The van der Waals surface area contributed by atoms with Crippen LogP contribution in [-0.4, -0.2) is 51.2 Å². The lowest BCUT2D eigenvalue weighted by atomic mass is 10.2. The van der Waals surface area contributed by atoms with Crippen molar-refractivity contribution in [2.24, 2.45) is 0 Å². The first-order valence-electron chi connectivity index (χ1n) is 8.44. The minimum absolute atomic E-state index is 0.0189. The van der Waals surface area contributed by atoms with Crippen LogP contribution in [0.25, 0.3) is 11.4 Å². The fourth-order valence-corrected chi connectivity index (χ4v) is 3.16. The van der Waals surface area contributed by atoms with Crippen molar-refractivity contribution in [1.82, 2.24) is 25.1 Å². The number of carbonyl (C=O) groups is 1. The summed E-state index contributed by atoms with van der Waals surface area (Å²) in [5, 5.41) is 12.3. The van der Waals surface area contributed by atoms with E-state index in [0.29, 0.717) is 24.1 Å². The van der Waals surface area contributed by atoms with Gasteiger partial charge in [-0.25, -0.2) is 0 Å². The molecular weight excluding hydrogens is 338 g/mol. The molecule has 0 saturated heterocycles. The summed E-state index contributed by atoms with van der Waals surface area (Å²) in [6.07, 6.45) is 5.31. The van der Waals surface area contributed by atoms with Crippen molar-refractivity contribution >= 4 is 17.7 Å². The number of amides is 1. The Morgan fingerprint density at radius 2 is 2.00 bits per heavy atom. The van der Waals surface area contributed by atoms with Gasteiger partial charge in [0, 0.05) is 31.1 Å². The number of nitrogens with zero attached hydrogens (tertiary/aromatic N) is 4. The topological polar surface area (TPSA) is 81.9 Å². The maximum absolute atomic E-state index is 12.1. The van der Waals surface area contributed by atoms with Crippen LogP contribution in [0.5, 0.6) is 0 Å². The van der Waals surface area contributed by atoms with Crippen LogP contribution in [0.4, 0.5) is 0 Å². The second kappa shape index (κ2) is 10.1. The Balaban J connectivity index is 2.09. The number of rotatable bonds is 10. The third kappa shape index (κ3) is 5.54. The summed E-state index contributed by atoms with van der Waals surface area (Å²) in [5.74, 6) is 1.09. The average molecular weight is 363 g/mol. The second-order valence-corrected chi connectivity index (χ2v) is 6.50. The quantitative estimate of drug-likeness (QED) is 0.653. The number of nitrogens with one attached hydrogen (secondary N) is 1. The lowest BCUT2D eigenvalue weighted by Gasteiger charge is -2.14. The van der Waals surface area contributed by atoms with Gasteiger partial charge in [-0.2, -0.15) is 0 Å². The summed E-state index contributed by atoms with van der Waals surface area (Å²) in [6, 6.07) is 4.01. The second-order valence-electron chi connectivity index (χ2n) is 5.56. The molecule has 0 spiro atoms. The zero-order valence-corrected chi connectivity index (χ0v) is 15.8. The van der Waals surface area contributed by atoms with Crippen molar-refractivity contribution in [3.63, 3.8) is 0 Å². The van der Waals surface area contributed by atoms with Crippen LogP contribution < -0.4 is 5.32 Å². The van der Waals surface area contributed by atoms with Gasteiger partial charge in [0.05, 0.1) is 18.9 Å². The lowest BCUT2D eigenvalue weighted by Crippen LogP contribution is -2.35. The molecule has 25 heavy (non-hydrogen) atoms. The normalized spacial score (nSPS) is 11.0. The van der Waals surface area contributed by atoms with Crippen LogP contribution in [0.15, 0.2) is 29.7 Å². The Bertz CT molecular complexity index is 658. The van der Waals surface area contributed by atoms with Gasteiger partial charge in [0.25, 0.3) is 0 Å². The number of aromatic nitrogens is 4. The maximum atomic E-state index is 12.1. The van der Waals surface area contributed by atoms with E-state index in [0.717, 1.165) is 24.2 Å². The summed E-state index contributed by atoms with van der Waals surface area (Å²) in [5.41, 5.74) is 0.937. The van der Waals surface area contributed by atoms with Crippen molar-refractivity contribution in [2.75, 3.05) is 19.5 Å². The number of hydrogen-bond donors (Lipinski definition) is 1. The van der Waals surface area contributed by atoms with Gasteiger partial charge in [0.15, 0.2) is 11.0 Å². The highest BCUT2D eigenvalue weighted by Gasteiger charge is 2.16. The highest BCUT2D eigenvalue weighted by molar-refractivity contribution is 7.99. The first-order valence-corrected chi connectivity index (χ1v) is 9.42. The predicted molar refractivity (Wildman–Crippen MR) is 98.4 cm³/mol. The monoisotopic (exact) mass is 363 g/mol. The van der Waals surface area contributed by atoms with Crippen molar-refractivity contribution in [2.45, 2.75) is 44.4 Å². The summed E-state index contributed by atoms with van der Waals surface area (Å²) >= 11 is 1.39. The number of methoxy groups -OCH3 is 1. The van der Waals surface area contributed by atoms with Crippen LogP contribution in [0.2, 0.25) is 0 Å². The Hall–Kier alpha value is -1.93. The van der Waals surface area contributed by atoms with Gasteiger partial charge in [-0.3, -0.25) is 14.3 Å². The molecule has 0 bridgehead atoms. The van der Waals surface area contributed by atoms with Gasteiger partial charge in [0.1, 0.15) is 0 Å². The fourth-order valence-electron chi connectivity index (χ4n) is 2.39. The molecule has 8 heteroatoms. The molecule has 1 amide bonds. The van der Waals surface area contributed by atoms with E-state index in [1.807, 2.05) is 16.7 Å². The van der Waals surface area contributed by atoms with E-state index in [1.54, 1.807) is 19.5 Å². The van der Waals surface area contributed by atoms with Crippen molar-refractivity contribution in [3.8, 4) is 11.4 Å². The van der Waals surface area contributed by atoms with Gasteiger partial charge >= 0.3 is 0 Å². The lowest BCUT2D eigenvalue weighted by molar-refractivity contribution is -0.119. The minimum Gasteiger partial charge on any atom is -0.383 e. The average Bonchev–Trinajstić information content (AvgIpc) is 3.06. The molecule has 0 aliphatic rings. The standard InChI is InChI=1S/C17H25N5O2S/c1-4-14(5-2)19-15(23)12-25-17-21-20-16(22(17)10-11-24-3)13-6-8-18-9-7-13/h6-9,14H,4-5,10-12H2,1-3H3,(H,19,23). The van der Waals surface area contributed by atoms with E-state index in [9.17, 15) is 4.79 Å². The third-order valence-corrected chi connectivity index (χ3v) is 4.82. The molecule has 0 atom stereocenters. The third-order valence-electron chi connectivity index (χ3n) is 3.86. The summed E-state index contributed by atoms with van der Waals surface area (Å²) in [6.45, 7) is 5.31. The molecule has 2 rings (SSSR count). The van der Waals surface area contributed by atoms with Gasteiger partial charge in [0.2, 0.25) is 5.91 Å². The maximum Gasteiger partial charge on any atom is 0.230 e. The molecule has 7 nitrogen and oxygen atoms in total.